The Morgan fingerprint density at radius 2 is 2.11 bits per heavy atom. The van der Waals surface area contributed by atoms with E-state index < -0.39 is 12.1 Å². The Bertz CT molecular complexity index is 924. The van der Waals surface area contributed by atoms with E-state index in [1.807, 2.05) is 18.2 Å². The molecule has 28 heavy (non-hydrogen) atoms. The molecular formula is C19H22N4O5. The zero-order valence-electron chi connectivity index (χ0n) is 15.4. The van der Waals surface area contributed by atoms with E-state index >= 15 is 0 Å². The lowest BCUT2D eigenvalue weighted by Gasteiger charge is -2.24. The molecule has 3 heterocycles. The van der Waals surface area contributed by atoms with Crippen LogP contribution in [0.15, 0.2) is 22.7 Å². The van der Waals surface area contributed by atoms with Crippen LogP contribution in [0.3, 0.4) is 0 Å². The normalized spacial score (nSPS) is 20.9. The summed E-state index contributed by atoms with van der Waals surface area (Å²) in [5, 5.41) is 16.2. The number of aromatic nitrogens is 1. The van der Waals surface area contributed by atoms with Crippen molar-refractivity contribution in [1.29, 1.82) is 0 Å². The third-order valence-corrected chi connectivity index (χ3v) is 5.47. The molecule has 0 spiro atoms. The molecule has 2 aliphatic rings. The Kier molecular flexibility index (Phi) is 4.89. The maximum absolute atomic E-state index is 12.1. The summed E-state index contributed by atoms with van der Waals surface area (Å²) in [7, 11) is 0. The van der Waals surface area contributed by atoms with Gasteiger partial charge in [-0.15, -0.1) is 0 Å². The second kappa shape index (κ2) is 7.49. The second-order valence-electron chi connectivity index (χ2n) is 7.36. The predicted molar refractivity (Wildman–Crippen MR) is 100 cm³/mol. The van der Waals surface area contributed by atoms with Crippen molar-refractivity contribution >= 4 is 34.8 Å². The number of rotatable bonds is 3. The van der Waals surface area contributed by atoms with Gasteiger partial charge in [-0.1, -0.05) is 11.2 Å². The highest BCUT2D eigenvalue weighted by molar-refractivity contribution is 6.08. The molecule has 1 aromatic heterocycles. The molecule has 1 atom stereocenters. The van der Waals surface area contributed by atoms with Crippen LogP contribution in [0, 0.1) is 5.92 Å². The molecule has 0 bridgehead atoms. The molecule has 2 aromatic rings. The summed E-state index contributed by atoms with van der Waals surface area (Å²) in [5.41, 5.74) is 1.68. The molecule has 9 nitrogen and oxygen atoms in total. The fraction of sp³-hybridized carbons (Fsp3) is 0.474. The van der Waals surface area contributed by atoms with Gasteiger partial charge in [0, 0.05) is 26.1 Å². The number of benzene rings is 1. The molecule has 0 aliphatic carbocycles. The summed E-state index contributed by atoms with van der Waals surface area (Å²) >= 11 is 0. The lowest BCUT2D eigenvalue weighted by Crippen LogP contribution is -2.49. The zero-order valence-corrected chi connectivity index (χ0v) is 15.4. The summed E-state index contributed by atoms with van der Waals surface area (Å²) < 4.78 is 5.35. The molecule has 2 N–H and O–H groups in total. The molecule has 4 amide bonds. The fourth-order valence-electron chi connectivity index (χ4n) is 3.96. The van der Waals surface area contributed by atoms with E-state index in [2.05, 4.69) is 10.5 Å². The van der Waals surface area contributed by atoms with Crippen molar-refractivity contribution in [3.05, 3.63) is 23.8 Å². The molecular weight excluding hydrogens is 364 g/mol. The summed E-state index contributed by atoms with van der Waals surface area (Å²) in [6.45, 7) is 1.41. The van der Waals surface area contributed by atoms with Crippen LogP contribution in [0.5, 0.6) is 0 Å². The van der Waals surface area contributed by atoms with Gasteiger partial charge >= 0.3 is 12.1 Å². The third kappa shape index (κ3) is 3.64. The van der Waals surface area contributed by atoms with Gasteiger partial charge in [0.25, 0.3) is 0 Å². The quantitative estimate of drug-likeness (QED) is 0.838. The van der Waals surface area contributed by atoms with Crippen molar-refractivity contribution in [2.24, 2.45) is 5.92 Å². The van der Waals surface area contributed by atoms with E-state index in [-0.39, 0.29) is 18.9 Å². The molecule has 1 aromatic carbocycles. The fourth-order valence-corrected chi connectivity index (χ4v) is 3.96. The lowest BCUT2D eigenvalue weighted by molar-refractivity contribution is -0.120. The van der Waals surface area contributed by atoms with Crippen LogP contribution in [0.4, 0.5) is 15.4 Å². The van der Waals surface area contributed by atoms with Crippen molar-refractivity contribution in [1.82, 2.24) is 15.4 Å². The Balaban J connectivity index is 1.52. The highest BCUT2D eigenvalue weighted by Gasteiger charge is 2.28. The number of nitrogens with zero attached hydrogens (tertiary/aromatic N) is 3. The third-order valence-electron chi connectivity index (χ3n) is 5.47. The molecule has 2 saturated heterocycles. The molecule has 1 unspecified atom stereocenters. The Labute approximate surface area is 161 Å². The SMILES string of the molecule is O=C1CCN(c2noc3ccc(CC4CCCN(C(=O)O)CC4)cc23)C(=O)N1. The molecule has 0 saturated carbocycles. The van der Waals surface area contributed by atoms with E-state index in [4.69, 9.17) is 4.52 Å². The van der Waals surface area contributed by atoms with Gasteiger partial charge in [-0.3, -0.25) is 15.0 Å². The molecule has 9 heteroatoms. The number of hydrogen-bond donors (Lipinski definition) is 2. The minimum atomic E-state index is -0.852. The summed E-state index contributed by atoms with van der Waals surface area (Å²) in [4.78, 5) is 37.6. The standard InChI is InChI=1S/C19H22N4O5/c24-16-6-9-23(18(25)20-16)17-14-11-13(3-4-15(14)28-21-17)10-12-2-1-7-22(8-5-12)19(26)27/h3-4,11-12H,1-2,5-10H2,(H,26,27)(H,20,24,25). The monoisotopic (exact) mass is 386 g/mol. The average Bonchev–Trinajstić information content (AvgIpc) is 2.91. The number of carbonyl (C=O) groups excluding carboxylic acids is 2. The average molecular weight is 386 g/mol. The van der Waals surface area contributed by atoms with Crippen LogP contribution >= 0.6 is 0 Å². The number of imide groups is 1. The molecule has 148 valence electrons. The van der Waals surface area contributed by atoms with Crippen LogP contribution in [0.1, 0.15) is 31.2 Å². The number of carbonyl (C=O) groups is 3. The first-order valence-electron chi connectivity index (χ1n) is 9.49. The van der Waals surface area contributed by atoms with Crippen LogP contribution in [-0.2, 0) is 11.2 Å². The Morgan fingerprint density at radius 3 is 2.89 bits per heavy atom. The first-order valence-corrected chi connectivity index (χ1v) is 9.49. The van der Waals surface area contributed by atoms with Crippen LogP contribution in [-0.4, -0.2) is 52.8 Å². The number of fused-ring (bicyclic) bond motifs is 1. The summed E-state index contributed by atoms with van der Waals surface area (Å²) in [6, 6.07) is 5.31. The van der Waals surface area contributed by atoms with E-state index in [0.29, 0.717) is 30.4 Å². The molecule has 2 aliphatic heterocycles. The van der Waals surface area contributed by atoms with Gasteiger partial charge in [0.15, 0.2) is 11.4 Å². The number of likely N-dealkylation sites (tertiary alicyclic amines) is 1. The largest absolute Gasteiger partial charge is 0.465 e. The molecule has 0 radical (unpaired) electrons. The van der Waals surface area contributed by atoms with Crippen LogP contribution in [0.25, 0.3) is 11.0 Å². The van der Waals surface area contributed by atoms with E-state index in [1.165, 1.54) is 9.80 Å². The zero-order chi connectivity index (χ0) is 19.7. The summed E-state index contributed by atoms with van der Waals surface area (Å²) in [6.07, 6.45) is 2.88. The van der Waals surface area contributed by atoms with Gasteiger partial charge in [-0.05, 0) is 49.3 Å². The Morgan fingerprint density at radius 1 is 1.25 bits per heavy atom. The summed E-state index contributed by atoms with van der Waals surface area (Å²) in [5.74, 6) is 0.527. The first kappa shape index (κ1) is 18.3. The number of carboxylic acid groups (broad SMARTS) is 1. The topological polar surface area (TPSA) is 116 Å². The first-order chi connectivity index (χ1) is 13.5. The minimum absolute atomic E-state index is 0.224. The van der Waals surface area contributed by atoms with E-state index in [9.17, 15) is 19.5 Å². The van der Waals surface area contributed by atoms with Gasteiger partial charge < -0.3 is 14.5 Å². The minimum Gasteiger partial charge on any atom is -0.465 e. The Hall–Kier alpha value is -3.10. The maximum atomic E-state index is 12.1. The van der Waals surface area contributed by atoms with Crippen LogP contribution < -0.4 is 10.2 Å². The van der Waals surface area contributed by atoms with Crippen molar-refractivity contribution in [3.63, 3.8) is 0 Å². The number of amides is 4. The highest BCUT2D eigenvalue weighted by Crippen LogP contribution is 2.30. The number of hydrogen-bond acceptors (Lipinski definition) is 5. The highest BCUT2D eigenvalue weighted by atomic mass is 16.5. The van der Waals surface area contributed by atoms with Gasteiger partial charge in [0.05, 0.1) is 5.39 Å². The van der Waals surface area contributed by atoms with Gasteiger partial charge in [-0.25, -0.2) is 9.59 Å². The van der Waals surface area contributed by atoms with E-state index in [1.54, 1.807) is 0 Å². The van der Waals surface area contributed by atoms with Gasteiger partial charge in [0.1, 0.15) is 0 Å². The smallest absolute Gasteiger partial charge is 0.407 e. The predicted octanol–water partition coefficient (Wildman–Crippen LogP) is 2.60. The van der Waals surface area contributed by atoms with Crippen molar-refractivity contribution < 1.29 is 24.0 Å². The van der Waals surface area contributed by atoms with Crippen molar-refractivity contribution in [2.45, 2.75) is 32.1 Å². The number of anilines is 1. The number of nitrogens with one attached hydrogen (secondary N) is 1. The van der Waals surface area contributed by atoms with Crippen LogP contribution in [0.2, 0.25) is 0 Å². The maximum Gasteiger partial charge on any atom is 0.407 e. The van der Waals surface area contributed by atoms with Crippen molar-refractivity contribution in [3.8, 4) is 0 Å². The van der Waals surface area contributed by atoms with Gasteiger partial charge in [0.2, 0.25) is 5.91 Å². The second-order valence-corrected chi connectivity index (χ2v) is 7.36. The molecule has 2 fully saturated rings. The van der Waals surface area contributed by atoms with E-state index in [0.717, 1.165) is 36.6 Å². The molecule has 4 rings (SSSR count). The van der Waals surface area contributed by atoms with Gasteiger partial charge in [-0.2, -0.15) is 0 Å². The lowest BCUT2D eigenvalue weighted by atomic mass is 9.92. The number of urea groups is 1. The van der Waals surface area contributed by atoms with Crippen molar-refractivity contribution in [2.75, 3.05) is 24.5 Å².